The third-order valence-electron chi connectivity index (χ3n) is 4.81. The molecule has 1 aliphatic rings. The zero-order chi connectivity index (χ0) is 19.3. The summed E-state index contributed by atoms with van der Waals surface area (Å²) in [4.78, 5) is 14.4. The maximum atomic E-state index is 12.1. The number of thiophene rings is 1. The Kier molecular flexibility index (Phi) is 5.45. The van der Waals surface area contributed by atoms with Crippen molar-refractivity contribution in [3.8, 4) is 23.0 Å². The molecule has 1 aromatic heterocycles. The van der Waals surface area contributed by atoms with Crippen molar-refractivity contribution < 1.29 is 9.53 Å². The molecule has 0 radical (unpaired) electrons. The van der Waals surface area contributed by atoms with Gasteiger partial charge in [-0.1, -0.05) is 60.4 Å². The van der Waals surface area contributed by atoms with Crippen molar-refractivity contribution in [2.45, 2.75) is 19.3 Å². The van der Waals surface area contributed by atoms with Crippen molar-refractivity contribution in [1.29, 1.82) is 0 Å². The van der Waals surface area contributed by atoms with Gasteiger partial charge in [0.1, 0.15) is 6.61 Å². The Hall–Kier alpha value is -3.03. The Morgan fingerprint density at radius 1 is 1.04 bits per heavy atom. The highest BCUT2D eigenvalue weighted by Crippen LogP contribution is 2.44. The Morgan fingerprint density at radius 2 is 1.71 bits per heavy atom. The number of fused-ring (bicyclic) bond motifs is 3. The fourth-order valence-electron chi connectivity index (χ4n) is 3.53. The number of alkyl carbamates (subject to hydrolysis) is 1. The van der Waals surface area contributed by atoms with Crippen LogP contribution >= 0.6 is 11.3 Å². The molecule has 1 N–H and O–H groups in total. The van der Waals surface area contributed by atoms with E-state index in [1.54, 1.807) is 11.3 Å². The first-order valence-corrected chi connectivity index (χ1v) is 10.2. The van der Waals surface area contributed by atoms with Crippen molar-refractivity contribution >= 4 is 17.4 Å². The van der Waals surface area contributed by atoms with E-state index in [-0.39, 0.29) is 5.92 Å². The van der Waals surface area contributed by atoms with Crippen LogP contribution in [0.4, 0.5) is 4.79 Å². The molecule has 0 saturated heterocycles. The van der Waals surface area contributed by atoms with Crippen LogP contribution in [0, 0.1) is 18.8 Å². The van der Waals surface area contributed by atoms with Crippen LogP contribution in [-0.2, 0) is 4.74 Å². The minimum Gasteiger partial charge on any atom is -0.449 e. The lowest BCUT2D eigenvalue weighted by molar-refractivity contribution is 0.143. The summed E-state index contributed by atoms with van der Waals surface area (Å²) in [6.45, 7) is 2.88. The third-order valence-corrected chi connectivity index (χ3v) is 5.73. The predicted octanol–water partition coefficient (Wildman–Crippen LogP) is 5.34. The molecule has 0 unspecified atom stereocenters. The van der Waals surface area contributed by atoms with Gasteiger partial charge in [-0.3, -0.25) is 0 Å². The molecular formula is C24H21NO2S. The summed E-state index contributed by atoms with van der Waals surface area (Å²) in [5, 5.41) is 2.79. The van der Waals surface area contributed by atoms with Gasteiger partial charge in [0.05, 0.1) is 4.88 Å². The average molecular weight is 388 g/mol. The van der Waals surface area contributed by atoms with Crippen LogP contribution in [0.15, 0.2) is 60.7 Å². The first-order chi connectivity index (χ1) is 13.7. The monoisotopic (exact) mass is 387 g/mol. The molecule has 4 rings (SSSR count). The molecule has 4 heteroatoms. The van der Waals surface area contributed by atoms with Crippen LogP contribution in [0.1, 0.15) is 33.2 Å². The van der Waals surface area contributed by atoms with Crippen molar-refractivity contribution in [2.75, 3.05) is 13.2 Å². The fraction of sp³-hybridized carbons (Fsp3) is 0.208. The van der Waals surface area contributed by atoms with E-state index in [1.807, 2.05) is 30.3 Å². The molecule has 2 aromatic carbocycles. The predicted molar refractivity (Wildman–Crippen MR) is 114 cm³/mol. The van der Waals surface area contributed by atoms with Gasteiger partial charge in [0.2, 0.25) is 0 Å². The second-order valence-electron chi connectivity index (χ2n) is 6.71. The minimum atomic E-state index is -0.393. The minimum absolute atomic E-state index is 0.0833. The standard InChI is InChI=1S/C24H21NO2S/c1-17-13-14-18(28-17)8-6-7-15-25-24(26)27-16-23-21-11-4-2-9-19(21)20-10-3-5-12-22(20)23/h2-5,9-14,23H,7,15-16H2,1H3,(H,25,26). The second kappa shape index (κ2) is 8.33. The number of benzene rings is 2. The number of carbonyl (C=O) groups is 1. The molecule has 0 spiro atoms. The van der Waals surface area contributed by atoms with Crippen LogP contribution in [-0.4, -0.2) is 19.2 Å². The van der Waals surface area contributed by atoms with E-state index in [1.165, 1.54) is 27.1 Å². The SMILES string of the molecule is Cc1ccc(C#CCCNC(=O)OCC2c3ccccc3-c3ccccc32)s1. The summed E-state index contributed by atoms with van der Waals surface area (Å²) in [5.41, 5.74) is 4.89. The Balaban J connectivity index is 1.30. The molecule has 0 aliphatic heterocycles. The topological polar surface area (TPSA) is 38.3 Å². The summed E-state index contributed by atoms with van der Waals surface area (Å²) in [6, 6.07) is 20.7. The quantitative estimate of drug-likeness (QED) is 0.485. The molecule has 0 atom stereocenters. The number of carbonyl (C=O) groups excluding carboxylic acids is 1. The maximum absolute atomic E-state index is 12.1. The van der Waals surface area contributed by atoms with E-state index in [0.29, 0.717) is 19.6 Å². The molecule has 3 nitrogen and oxygen atoms in total. The molecule has 0 fully saturated rings. The zero-order valence-corrected chi connectivity index (χ0v) is 16.5. The smallest absolute Gasteiger partial charge is 0.407 e. The van der Waals surface area contributed by atoms with Gasteiger partial charge in [-0.25, -0.2) is 4.79 Å². The summed E-state index contributed by atoms with van der Waals surface area (Å²) in [7, 11) is 0. The lowest BCUT2D eigenvalue weighted by Crippen LogP contribution is -2.26. The van der Waals surface area contributed by atoms with Gasteiger partial charge in [0, 0.05) is 23.8 Å². The number of hydrogen-bond donors (Lipinski definition) is 1. The number of nitrogens with one attached hydrogen (secondary N) is 1. The Labute approximate surface area is 169 Å². The summed E-state index contributed by atoms with van der Waals surface area (Å²) < 4.78 is 5.51. The van der Waals surface area contributed by atoms with E-state index in [0.717, 1.165) is 4.88 Å². The molecule has 1 aliphatic carbocycles. The van der Waals surface area contributed by atoms with Crippen molar-refractivity contribution in [3.05, 3.63) is 81.5 Å². The summed E-state index contributed by atoms with van der Waals surface area (Å²) in [6.07, 6.45) is 0.205. The molecule has 1 amide bonds. The first kappa shape index (κ1) is 18.3. The van der Waals surface area contributed by atoms with Crippen LogP contribution in [0.3, 0.4) is 0 Å². The van der Waals surface area contributed by atoms with E-state index in [4.69, 9.17) is 4.74 Å². The van der Waals surface area contributed by atoms with Gasteiger partial charge < -0.3 is 10.1 Å². The van der Waals surface area contributed by atoms with Crippen molar-refractivity contribution in [2.24, 2.45) is 0 Å². The number of amides is 1. The highest BCUT2D eigenvalue weighted by molar-refractivity contribution is 7.12. The number of ether oxygens (including phenoxy) is 1. The molecule has 0 bridgehead atoms. The van der Waals surface area contributed by atoms with Gasteiger partial charge in [0.25, 0.3) is 0 Å². The van der Waals surface area contributed by atoms with E-state index >= 15 is 0 Å². The van der Waals surface area contributed by atoms with Crippen LogP contribution in [0.2, 0.25) is 0 Å². The normalized spacial score (nSPS) is 11.9. The van der Waals surface area contributed by atoms with Gasteiger partial charge in [-0.15, -0.1) is 11.3 Å². The fourth-order valence-corrected chi connectivity index (χ4v) is 4.27. The lowest BCUT2D eigenvalue weighted by atomic mass is 9.98. The molecule has 3 aromatic rings. The highest BCUT2D eigenvalue weighted by atomic mass is 32.1. The highest BCUT2D eigenvalue weighted by Gasteiger charge is 2.28. The Morgan fingerprint density at radius 3 is 2.36 bits per heavy atom. The largest absolute Gasteiger partial charge is 0.449 e. The maximum Gasteiger partial charge on any atom is 0.407 e. The molecule has 1 heterocycles. The van der Waals surface area contributed by atoms with Crippen molar-refractivity contribution in [1.82, 2.24) is 5.32 Å². The number of aryl methyl sites for hydroxylation is 1. The summed E-state index contributed by atoms with van der Waals surface area (Å²) >= 11 is 1.68. The molecule has 140 valence electrons. The van der Waals surface area contributed by atoms with E-state index < -0.39 is 6.09 Å². The van der Waals surface area contributed by atoms with Gasteiger partial charge in [-0.2, -0.15) is 0 Å². The Bertz CT molecular complexity index is 1010. The van der Waals surface area contributed by atoms with Gasteiger partial charge in [0.15, 0.2) is 0 Å². The van der Waals surface area contributed by atoms with Crippen LogP contribution < -0.4 is 5.32 Å². The first-order valence-electron chi connectivity index (χ1n) is 9.36. The molecule has 28 heavy (non-hydrogen) atoms. The molecule has 0 saturated carbocycles. The zero-order valence-electron chi connectivity index (χ0n) is 15.7. The number of rotatable bonds is 4. The van der Waals surface area contributed by atoms with Crippen molar-refractivity contribution in [3.63, 3.8) is 0 Å². The molecular weight excluding hydrogens is 366 g/mol. The third kappa shape index (κ3) is 3.95. The van der Waals surface area contributed by atoms with Gasteiger partial charge in [-0.05, 0) is 41.3 Å². The van der Waals surface area contributed by atoms with E-state index in [2.05, 4.69) is 54.4 Å². The summed E-state index contributed by atoms with van der Waals surface area (Å²) in [5.74, 6) is 6.28. The lowest BCUT2D eigenvalue weighted by Gasteiger charge is -2.14. The number of hydrogen-bond acceptors (Lipinski definition) is 3. The van der Waals surface area contributed by atoms with Gasteiger partial charge >= 0.3 is 6.09 Å². The van der Waals surface area contributed by atoms with Crippen LogP contribution in [0.5, 0.6) is 0 Å². The van der Waals surface area contributed by atoms with E-state index in [9.17, 15) is 4.79 Å². The average Bonchev–Trinajstić information content (AvgIpc) is 3.27. The second-order valence-corrected chi connectivity index (χ2v) is 8.00. The van der Waals surface area contributed by atoms with Crippen LogP contribution in [0.25, 0.3) is 11.1 Å².